The average molecular weight is 310 g/mol. The van der Waals surface area contributed by atoms with Crippen LogP contribution in [-0.2, 0) is 16.6 Å². The first-order valence-corrected chi connectivity index (χ1v) is 9.22. The molecule has 0 atom stereocenters. The number of hydrogen-bond donors (Lipinski definition) is 1. The van der Waals surface area contributed by atoms with E-state index in [2.05, 4.69) is 6.92 Å². The SMILES string of the molecule is CCCC1CCN(S(=O)(=O)c2ccc(C)c(CN)c2)CC1. The molecule has 1 fully saturated rings. The summed E-state index contributed by atoms with van der Waals surface area (Å²) in [6.07, 6.45) is 4.33. The molecule has 4 nitrogen and oxygen atoms in total. The van der Waals surface area contributed by atoms with Gasteiger partial charge in [0.1, 0.15) is 0 Å². The number of nitrogens with two attached hydrogens (primary N) is 1. The van der Waals surface area contributed by atoms with Crippen LogP contribution in [0.4, 0.5) is 0 Å². The third kappa shape index (κ3) is 3.65. The molecule has 118 valence electrons. The Kier molecular flexibility index (Phi) is 5.41. The van der Waals surface area contributed by atoms with Gasteiger partial charge in [-0.2, -0.15) is 4.31 Å². The van der Waals surface area contributed by atoms with Gasteiger partial charge in [0.15, 0.2) is 0 Å². The third-order valence-electron chi connectivity index (χ3n) is 4.45. The summed E-state index contributed by atoms with van der Waals surface area (Å²) >= 11 is 0. The van der Waals surface area contributed by atoms with Crippen molar-refractivity contribution in [1.82, 2.24) is 4.31 Å². The maximum absolute atomic E-state index is 12.7. The van der Waals surface area contributed by atoms with Gasteiger partial charge in [0.05, 0.1) is 4.90 Å². The Hall–Kier alpha value is -0.910. The standard InChI is InChI=1S/C16H26N2O2S/c1-3-4-14-7-9-18(10-8-14)21(19,20)16-6-5-13(2)15(11-16)12-17/h5-6,11,14H,3-4,7-10,12,17H2,1-2H3. The van der Waals surface area contributed by atoms with Gasteiger partial charge in [-0.05, 0) is 48.9 Å². The van der Waals surface area contributed by atoms with Gasteiger partial charge in [-0.1, -0.05) is 25.8 Å². The van der Waals surface area contributed by atoms with Crippen molar-refractivity contribution in [3.05, 3.63) is 29.3 Å². The van der Waals surface area contributed by atoms with E-state index in [0.29, 0.717) is 30.4 Å². The van der Waals surface area contributed by atoms with Crippen LogP contribution in [-0.4, -0.2) is 25.8 Å². The number of aryl methyl sites for hydroxylation is 1. The van der Waals surface area contributed by atoms with Crippen LogP contribution in [0, 0.1) is 12.8 Å². The van der Waals surface area contributed by atoms with Crippen LogP contribution in [0.1, 0.15) is 43.7 Å². The summed E-state index contributed by atoms with van der Waals surface area (Å²) in [4.78, 5) is 0.377. The molecule has 21 heavy (non-hydrogen) atoms. The molecule has 0 aromatic heterocycles. The van der Waals surface area contributed by atoms with Crippen LogP contribution in [0.25, 0.3) is 0 Å². The Morgan fingerprint density at radius 2 is 1.95 bits per heavy atom. The fraction of sp³-hybridized carbons (Fsp3) is 0.625. The lowest BCUT2D eigenvalue weighted by Gasteiger charge is -2.31. The minimum Gasteiger partial charge on any atom is -0.326 e. The molecule has 0 spiro atoms. The van der Waals surface area contributed by atoms with E-state index in [0.717, 1.165) is 24.0 Å². The van der Waals surface area contributed by atoms with Crippen molar-refractivity contribution in [3.63, 3.8) is 0 Å². The van der Waals surface area contributed by atoms with E-state index in [4.69, 9.17) is 5.73 Å². The molecule has 5 heteroatoms. The molecule has 1 saturated heterocycles. The largest absolute Gasteiger partial charge is 0.326 e. The summed E-state index contributed by atoms with van der Waals surface area (Å²) in [5.41, 5.74) is 7.62. The zero-order valence-electron chi connectivity index (χ0n) is 13.0. The van der Waals surface area contributed by atoms with Gasteiger partial charge in [0.25, 0.3) is 0 Å². The first kappa shape index (κ1) is 16.5. The molecule has 0 amide bonds. The van der Waals surface area contributed by atoms with Crippen LogP contribution >= 0.6 is 0 Å². The van der Waals surface area contributed by atoms with E-state index in [9.17, 15) is 8.42 Å². The van der Waals surface area contributed by atoms with E-state index in [1.54, 1.807) is 16.4 Å². The van der Waals surface area contributed by atoms with Gasteiger partial charge >= 0.3 is 0 Å². The average Bonchev–Trinajstić information content (AvgIpc) is 2.48. The summed E-state index contributed by atoms with van der Waals surface area (Å²) in [7, 11) is -3.37. The molecule has 1 aromatic rings. The normalized spacial score (nSPS) is 18.0. The highest BCUT2D eigenvalue weighted by molar-refractivity contribution is 7.89. The van der Waals surface area contributed by atoms with Crippen molar-refractivity contribution in [1.29, 1.82) is 0 Å². The number of benzene rings is 1. The summed E-state index contributed by atoms with van der Waals surface area (Å²) in [6, 6.07) is 5.27. The molecular weight excluding hydrogens is 284 g/mol. The van der Waals surface area contributed by atoms with Crippen LogP contribution in [0.2, 0.25) is 0 Å². The molecular formula is C16H26N2O2S. The van der Waals surface area contributed by atoms with Crippen LogP contribution in [0.5, 0.6) is 0 Å². The molecule has 1 aromatic carbocycles. The van der Waals surface area contributed by atoms with Crippen molar-refractivity contribution >= 4 is 10.0 Å². The zero-order valence-corrected chi connectivity index (χ0v) is 13.8. The van der Waals surface area contributed by atoms with Crippen molar-refractivity contribution in [3.8, 4) is 0 Å². The Morgan fingerprint density at radius 1 is 1.29 bits per heavy atom. The summed E-state index contributed by atoms with van der Waals surface area (Å²) in [6.45, 7) is 5.78. The number of rotatable bonds is 5. The van der Waals surface area contributed by atoms with Crippen LogP contribution in [0.15, 0.2) is 23.1 Å². The smallest absolute Gasteiger partial charge is 0.243 e. The van der Waals surface area contributed by atoms with E-state index in [-0.39, 0.29) is 0 Å². The van der Waals surface area contributed by atoms with Gasteiger partial charge in [-0.15, -0.1) is 0 Å². The van der Waals surface area contributed by atoms with Crippen molar-refractivity contribution in [2.24, 2.45) is 11.7 Å². The fourth-order valence-corrected chi connectivity index (χ4v) is 4.54. The highest BCUT2D eigenvalue weighted by Crippen LogP contribution is 2.27. The van der Waals surface area contributed by atoms with Crippen molar-refractivity contribution < 1.29 is 8.42 Å². The minimum absolute atomic E-state index is 0.369. The third-order valence-corrected chi connectivity index (χ3v) is 6.34. The van der Waals surface area contributed by atoms with Gasteiger partial charge in [0.2, 0.25) is 10.0 Å². The van der Waals surface area contributed by atoms with Gasteiger partial charge < -0.3 is 5.73 Å². The quantitative estimate of drug-likeness (QED) is 0.909. The molecule has 2 rings (SSSR count). The first-order chi connectivity index (χ1) is 9.98. The summed E-state index contributed by atoms with van der Waals surface area (Å²) in [5.74, 6) is 0.680. The predicted molar refractivity (Wildman–Crippen MR) is 85.5 cm³/mol. The molecule has 1 aliphatic rings. The molecule has 0 saturated carbocycles. The molecule has 1 aliphatic heterocycles. The molecule has 0 aliphatic carbocycles. The summed E-state index contributed by atoms with van der Waals surface area (Å²) in [5, 5.41) is 0. The van der Waals surface area contributed by atoms with E-state index in [1.165, 1.54) is 12.8 Å². The Morgan fingerprint density at radius 3 is 2.52 bits per heavy atom. The van der Waals surface area contributed by atoms with Crippen LogP contribution < -0.4 is 5.73 Å². The Bertz CT molecular complexity index is 576. The lowest BCUT2D eigenvalue weighted by atomic mass is 9.94. The second-order valence-corrected chi connectivity index (χ2v) is 7.87. The number of nitrogens with zero attached hydrogens (tertiary/aromatic N) is 1. The van der Waals surface area contributed by atoms with E-state index >= 15 is 0 Å². The second-order valence-electron chi connectivity index (χ2n) is 5.93. The monoisotopic (exact) mass is 310 g/mol. The Labute approximate surface area is 128 Å². The predicted octanol–water partition coefficient (Wildman–Crippen LogP) is 2.65. The maximum Gasteiger partial charge on any atom is 0.243 e. The van der Waals surface area contributed by atoms with E-state index < -0.39 is 10.0 Å². The maximum atomic E-state index is 12.7. The Balaban J connectivity index is 2.15. The lowest BCUT2D eigenvalue weighted by Crippen LogP contribution is -2.38. The van der Waals surface area contributed by atoms with E-state index in [1.807, 2.05) is 13.0 Å². The molecule has 0 bridgehead atoms. The lowest BCUT2D eigenvalue weighted by molar-refractivity contribution is 0.262. The first-order valence-electron chi connectivity index (χ1n) is 7.78. The van der Waals surface area contributed by atoms with Crippen molar-refractivity contribution in [2.75, 3.05) is 13.1 Å². The summed E-state index contributed by atoms with van der Waals surface area (Å²) < 4.78 is 27.1. The van der Waals surface area contributed by atoms with Crippen molar-refractivity contribution in [2.45, 2.75) is 51.0 Å². The minimum atomic E-state index is -3.37. The fourth-order valence-electron chi connectivity index (χ4n) is 3.02. The zero-order chi connectivity index (χ0) is 15.5. The highest BCUT2D eigenvalue weighted by Gasteiger charge is 2.29. The van der Waals surface area contributed by atoms with Crippen LogP contribution in [0.3, 0.4) is 0 Å². The molecule has 1 heterocycles. The van der Waals surface area contributed by atoms with Gasteiger partial charge in [0, 0.05) is 19.6 Å². The van der Waals surface area contributed by atoms with Gasteiger partial charge in [-0.25, -0.2) is 8.42 Å². The number of sulfonamides is 1. The molecule has 2 N–H and O–H groups in total. The van der Waals surface area contributed by atoms with Gasteiger partial charge in [-0.3, -0.25) is 0 Å². The molecule has 0 unspecified atom stereocenters. The highest BCUT2D eigenvalue weighted by atomic mass is 32.2. The number of hydrogen-bond acceptors (Lipinski definition) is 3. The second kappa shape index (κ2) is 6.90. The molecule has 0 radical (unpaired) electrons. The number of piperidine rings is 1. The topological polar surface area (TPSA) is 63.4 Å².